The molecule has 4 aliphatic carbocycles. The third kappa shape index (κ3) is 1.87. The van der Waals surface area contributed by atoms with E-state index in [0.717, 1.165) is 31.3 Å². The molecule has 5 atom stereocenters. The highest BCUT2D eigenvalue weighted by molar-refractivity contribution is 5.42. The summed E-state index contributed by atoms with van der Waals surface area (Å²) >= 11 is 0. The van der Waals surface area contributed by atoms with Gasteiger partial charge < -0.3 is 10.2 Å². The summed E-state index contributed by atoms with van der Waals surface area (Å²) in [5.41, 5.74) is 1.59. The van der Waals surface area contributed by atoms with Gasteiger partial charge in [0, 0.05) is 11.3 Å². The maximum Gasteiger partial charge on any atom is 0.152 e. The smallest absolute Gasteiger partial charge is 0.152 e. The molecule has 0 amide bonds. The number of aliphatic hydroxyl groups excluding tert-OH is 2. The van der Waals surface area contributed by atoms with E-state index in [1.807, 2.05) is 13.0 Å². The topological polar surface area (TPSA) is 40.5 Å². The fourth-order valence-corrected chi connectivity index (χ4v) is 6.13. The van der Waals surface area contributed by atoms with E-state index in [0.29, 0.717) is 19.3 Å². The van der Waals surface area contributed by atoms with E-state index in [1.54, 1.807) is 0 Å². The number of aliphatic hydroxyl groups is 2. The van der Waals surface area contributed by atoms with E-state index in [-0.39, 0.29) is 11.3 Å². The summed E-state index contributed by atoms with van der Waals surface area (Å²) in [6, 6.07) is 0. The van der Waals surface area contributed by atoms with E-state index in [9.17, 15) is 10.2 Å². The lowest BCUT2D eigenvalue weighted by Crippen LogP contribution is -2.62. The van der Waals surface area contributed by atoms with Gasteiger partial charge in [-0.1, -0.05) is 43.6 Å². The highest BCUT2D eigenvalue weighted by atomic mass is 19.1. The van der Waals surface area contributed by atoms with Crippen LogP contribution in [-0.4, -0.2) is 28.1 Å². The molecule has 0 aromatic rings. The number of hydrogen-bond acceptors (Lipinski definition) is 2. The molecule has 0 aromatic carbocycles. The quantitative estimate of drug-likeness (QED) is 0.660. The molecule has 0 aliphatic heterocycles. The van der Waals surface area contributed by atoms with Crippen molar-refractivity contribution in [3.05, 3.63) is 22.8 Å². The second-order valence-corrected chi connectivity index (χ2v) is 9.10. The van der Waals surface area contributed by atoms with Crippen LogP contribution in [0, 0.1) is 16.7 Å². The number of fused-ring (bicyclic) bond motifs is 4. The molecule has 0 radical (unpaired) electrons. The molecule has 4 rings (SSSR count). The van der Waals surface area contributed by atoms with Crippen molar-refractivity contribution in [3.63, 3.8) is 0 Å². The molecular formula is C20H29FO2. The molecule has 2 nitrogen and oxygen atoms in total. The Labute approximate surface area is 138 Å². The van der Waals surface area contributed by atoms with Crippen molar-refractivity contribution in [2.24, 2.45) is 16.7 Å². The lowest BCUT2D eigenvalue weighted by Gasteiger charge is -2.58. The predicted molar refractivity (Wildman–Crippen MR) is 88.7 cm³/mol. The zero-order valence-electron chi connectivity index (χ0n) is 14.5. The van der Waals surface area contributed by atoms with E-state index in [1.165, 1.54) is 11.1 Å². The van der Waals surface area contributed by atoms with E-state index >= 15 is 4.39 Å². The SMILES string of the molecule is CC1(C)CCC2=C1C[C@H](O)[C@@]1(F)[C@H]2CCC2=C[C@H](O)CC[C@@]21C. The molecular weight excluding hydrogens is 291 g/mol. The zero-order valence-corrected chi connectivity index (χ0v) is 14.5. The van der Waals surface area contributed by atoms with E-state index < -0.39 is 23.3 Å². The lowest BCUT2D eigenvalue weighted by atomic mass is 9.49. The first-order valence-electron chi connectivity index (χ1n) is 9.19. The fraction of sp³-hybridized carbons (Fsp3) is 0.800. The largest absolute Gasteiger partial charge is 0.389 e. The number of allylic oxidation sites excluding steroid dienone is 2. The number of rotatable bonds is 0. The zero-order chi connectivity index (χ0) is 16.6. The van der Waals surface area contributed by atoms with Crippen LogP contribution in [0.1, 0.15) is 65.7 Å². The average Bonchev–Trinajstić information content (AvgIpc) is 2.77. The third-order valence-corrected chi connectivity index (χ3v) is 7.62. The van der Waals surface area contributed by atoms with Gasteiger partial charge in [-0.15, -0.1) is 0 Å². The molecule has 1 saturated carbocycles. The minimum Gasteiger partial charge on any atom is -0.389 e. The van der Waals surface area contributed by atoms with Crippen molar-refractivity contribution < 1.29 is 14.6 Å². The Morgan fingerprint density at radius 3 is 2.57 bits per heavy atom. The van der Waals surface area contributed by atoms with Crippen molar-refractivity contribution in [2.75, 3.05) is 0 Å². The highest BCUT2D eigenvalue weighted by Crippen LogP contribution is 2.65. The van der Waals surface area contributed by atoms with Crippen molar-refractivity contribution in [3.8, 4) is 0 Å². The molecule has 23 heavy (non-hydrogen) atoms. The Balaban J connectivity index is 1.84. The van der Waals surface area contributed by atoms with E-state index in [2.05, 4.69) is 13.8 Å². The first kappa shape index (κ1) is 15.8. The molecule has 128 valence electrons. The van der Waals surface area contributed by atoms with Gasteiger partial charge in [0.2, 0.25) is 0 Å². The van der Waals surface area contributed by atoms with Crippen molar-refractivity contribution >= 4 is 0 Å². The minimum absolute atomic E-state index is 0.109. The molecule has 1 fully saturated rings. The molecule has 0 saturated heterocycles. The summed E-state index contributed by atoms with van der Waals surface area (Å²) in [7, 11) is 0. The number of hydrogen-bond donors (Lipinski definition) is 2. The first-order chi connectivity index (χ1) is 10.7. The van der Waals surface area contributed by atoms with Gasteiger partial charge in [-0.3, -0.25) is 0 Å². The maximum absolute atomic E-state index is 16.5. The summed E-state index contributed by atoms with van der Waals surface area (Å²) in [5.74, 6) is -0.139. The normalized spacial score (nSPS) is 48.4. The van der Waals surface area contributed by atoms with Crippen molar-refractivity contribution in [1.82, 2.24) is 0 Å². The second-order valence-electron chi connectivity index (χ2n) is 9.10. The highest BCUT2D eigenvalue weighted by Gasteiger charge is 2.65. The Bertz CT molecular complexity index is 605. The van der Waals surface area contributed by atoms with Crippen LogP contribution in [-0.2, 0) is 0 Å². The molecule has 4 aliphatic rings. The third-order valence-electron chi connectivity index (χ3n) is 7.62. The molecule has 0 unspecified atom stereocenters. The summed E-state index contributed by atoms with van der Waals surface area (Å²) in [4.78, 5) is 0. The van der Waals surface area contributed by atoms with E-state index in [4.69, 9.17) is 0 Å². The molecule has 2 N–H and O–H groups in total. The minimum atomic E-state index is -1.57. The molecule has 0 heterocycles. The number of alkyl halides is 1. The van der Waals surface area contributed by atoms with Gasteiger partial charge in [-0.05, 0) is 50.4 Å². The van der Waals surface area contributed by atoms with Gasteiger partial charge in [0.25, 0.3) is 0 Å². The number of halogens is 1. The lowest BCUT2D eigenvalue weighted by molar-refractivity contribution is -0.139. The van der Waals surface area contributed by atoms with Gasteiger partial charge in [-0.2, -0.15) is 0 Å². The van der Waals surface area contributed by atoms with Crippen molar-refractivity contribution in [1.29, 1.82) is 0 Å². The molecule has 0 bridgehead atoms. The van der Waals surface area contributed by atoms with Gasteiger partial charge in [0.1, 0.15) is 0 Å². The van der Waals surface area contributed by atoms with Gasteiger partial charge in [-0.25, -0.2) is 4.39 Å². The summed E-state index contributed by atoms with van der Waals surface area (Å²) in [5, 5.41) is 20.9. The Hall–Kier alpha value is -0.670. The molecule has 3 heteroatoms. The second kappa shape index (κ2) is 4.70. The van der Waals surface area contributed by atoms with Crippen LogP contribution in [0.5, 0.6) is 0 Å². The van der Waals surface area contributed by atoms with Crippen LogP contribution in [0.3, 0.4) is 0 Å². The maximum atomic E-state index is 16.5. The monoisotopic (exact) mass is 320 g/mol. The Kier molecular flexibility index (Phi) is 3.23. The first-order valence-corrected chi connectivity index (χ1v) is 9.19. The fourth-order valence-electron chi connectivity index (χ4n) is 6.13. The van der Waals surface area contributed by atoms with Gasteiger partial charge in [0.05, 0.1) is 12.2 Å². The summed E-state index contributed by atoms with van der Waals surface area (Å²) < 4.78 is 16.5. The molecule has 0 aromatic heterocycles. The Morgan fingerprint density at radius 1 is 1.09 bits per heavy atom. The van der Waals surface area contributed by atoms with Crippen molar-refractivity contribution in [2.45, 2.75) is 83.6 Å². The Morgan fingerprint density at radius 2 is 1.83 bits per heavy atom. The van der Waals surface area contributed by atoms with Gasteiger partial charge >= 0.3 is 0 Å². The van der Waals surface area contributed by atoms with Crippen LogP contribution in [0.2, 0.25) is 0 Å². The van der Waals surface area contributed by atoms with Crippen LogP contribution in [0.15, 0.2) is 22.8 Å². The van der Waals surface area contributed by atoms with Gasteiger partial charge in [0.15, 0.2) is 5.67 Å². The average molecular weight is 320 g/mol. The van der Waals surface area contributed by atoms with Crippen LogP contribution < -0.4 is 0 Å². The van der Waals surface area contributed by atoms with Crippen LogP contribution in [0.25, 0.3) is 0 Å². The molecule has 0 spiro atoms. The standard InChI is InChI=1S/C20H29FO2/c1-18(2)8-7-14-15-5-4-12-10-13(22)6-9-19(12,3)20(15,21)17(23)11-16(14)18/h10,13,15,17,22-23H,4-9,11H2,1-3H3/t13-,15+,17+,19+,20+/m1/s1. The summed E-state index contributed by atoms with van der Waals surface area (Å²) in [6.45, 7) is 6.46. The summed E-state index contributed by atoms with van der Waals surface area (Å²) in [6.07, 6.45) is 5.92. The predicted octanol–water partition coefficient (Wildman–Crippen LogP) is 4.07. The van der Waals surface area contributed by atoms with Crippen LogP contribution in [0.4, 0.5) is 4.39 Å². The van der Waals surface area contributed by atoms with Crippen LogP contribution >= 0.6 is 0 Å².